The standard InChI is InChI=1S/C11H13BrO3/c1-8(7-14-2)15-10-5-3-4-9(6-13)11(10)12/h3-6,8H,7H2,1-2H3. The highest BCUT2D eigenvalue weighted by atomic mass is 79.9. The van der Waals surface area contributed by atoms with Crippen LogP contribution in [0.2, 0.25) is 0 Å². The Hall–Kier alpha value is -0.870. The summed E-state index contributed by atoms with van der Waals surface area (Å²) in [5, 5.41) is 0. The zero-order valence-corrected chi connectivity index (χ0v) is 10.3. The van der Waals surface area contributed by atoms with E-state index >= 15 is 0 Å². The Kier molecular flexibility index (Phi) is 4.78. The molecule has 82 valence electrons. The van der Waals surface area contributed by atoms with Crippen LogP contribution < -0.4 is 4.74 Å². The molecule has 0 aliphatic heterocycles. The SMILES string of the molecule is COCC(C)Oc1cccc(C=O)c1Br. The zero-order valence-electron chi connectivity index (χ0n) is 8.70. The monoisotopic (exact) mass is 272 g/mol. The Morgan fingerprint density at radius 3 is 2.87 bits per heavy atom. The second-order valence-corrected chi connectivity index (χ2v) is 3.95. The van der Waals surface area contributed by atoms with Crippen molar-refractivity contribution in [3.63, 3.8) is 0 Å². The minimum atomic E-state index is -0.0480. The number of benzene rings is 1. The van der Waals surface area contributed by atoms with Gasteiger partial charge < -0.3 is 9.47 Å². The van der Waals surface area contributed by atoms with E-state index in [-0.39, 0.29) is 6.10 Å². The molecule has 0 aliphatic rings. The van der Waals surface area contributed by atoms with E-state index in [1.165, 1.54) is 0 Å². The molecule has 0 aromatic heterocycles. The fourth-order valence-electron chi connectivity index (χ4n) is 1.20. The lowest BCUT2D eigenvalue weighted by atomic mass is 10.2. The Balaban J connectivity index is 2.81. The molecule has 3 nitrogen and oxygen atoms in total. The van der Waals surface area contributed by atoms with Crippen molar-refractivity contribution in [2.45, 2.75) is 13.0 Å². The van der Waals surface area contributed by atoms with Gasteiger partial charge in [0.1, 0.15) is 11.9 Å². The largest absolute Gasteiger partial charge is 0.487 e. The molecule has 4 heteroatoms. The normalized spacial score (nSPS) is 12.2. The van der Waals surface area contributed by atoms with Crippen molar-refractivity contribution in [1.29, 1.82) is 0 Å². The van der Waals surface area contributed by atoms with Gasteiger partial charge in [0.25, 0.3) is 0 Å². The van der Waals surface area contributed by atoms with Gasteiger partial charge in [-0.25, -0.2) is 0 Å². The van der Waals surface area contributed by atoms with Crippen LogP contribution in [0.1, 0.15) is 17.3 Å². The lowest BCUT2D eigenvalue weighted by molar-refractivity contribution is 0.0914. The van der Waals surface area contributed by atoms with Crippen LogP contribution in [0.3, 0.4) is 0 Å². The van der Waals surface area contributed by atoms with Crippen LogP contribution in [-0.2, 0) is 4.74 Å². The third-order valence-electron chi connectivity index (χ3n) is 1.85. The second kappa shape index (κ2) is 5.88. The zero-order chi connectivity index (χ0) is 11.3. The molecule has 1 atom stereocenters. The Morgan fingerprint density at radius 1 is 1.53 bits per heavy atom. The minimum Gasteiger partial charge on any atom is -0.487 e. The lowest BCUT2D eigenvalue weighted by Crippen LogP contribution is -2.18. The average molecular weight is 273 g/mol. The first-order valence-corrected chi connectivity index (χ1v) is 5.37. The molecule has 0 radical (unpaired) electrons. The van der Waals surface area contributed by atoms with Gasteiger partial charge in [0.2, 0.25) is 0 Å². The molecule has 1 rings (SSSR count). The number of aldehydes is 1. The van der Waals surface area contributed by atoms with Crippen molar-refractivity contribution < 1.29 is 14.3 Å². The molecule has 1 aromatic rings. The van der Waals surface area contributed by atoms with Crippen LogP contribution in [0.25, 0.3) is 0 Å². The Labute approximate surface area is 97.5 Å². The first-order valence-electron chi connectivity index (χ1n) is 4.58. The fraction of sp³-hybridized carbons (Fsp3) is 0.364. The molecule has 0 aliphatic carbocycles. The number of hydrogen-bond donors (Lipinski definition) is 0. The molecule has 0 heterocycles. The molecule has 0 N–H and O–H groups in total. The lowest BCUT2D eigenvalue weighted by Gasteiger charge is -2.15. The van der Waals surface area contributed by atoms with Gasteiger partial charge in [-0.15, -0.1) is 0 Å². The summed E-state index contributed by atoms with van der Waals surface area (Å²) >= 11 is 3.32. The summed E-state index contributed by atoms with van der Waals surface area (Å²) in [6.07, 6.45) is 0.742. The van der Waals surface area contributed by atoms with E-state index in [4.69, 9.17) is 9.47 Å². The molecule has 0 fully saturated rings. The van der Waals surface area contributed by atoms with E-state index in [0.29, 0.717) is 22.4 Å². The van der Waals surface area contributed by atoms with Crippen LogP contribution in [-0.4, -0.2) is 26.1 Å². The molecule has 0 amide bonds. The van der Waals surface area contributed by atoms with Crippen molar-refractivity contribution in [3.8, 4) is 5.75 Å². The second-order valence-electron chi connectivity index (χ2n) is 3.16. The molecule has 1 aromatic carbocycles. The number of halogens is 1. The van der Waals surface area contributed by atoms with Crippen LogP contribution in [0.15, 0.2) is 22.7 Å². The summed E-state index contributed by atoms with van der Waals surface area (Å²) in [4.78, 5) is 10.7. The molecule has 0 bridgehead atoms. The minimum absolute atomic E-state index is 0.0480. The van der Waals surface area contributed by atoms with Gasteiger partial charge in [-0.05, 0) is 28.9 Å². The third kappa shape index (κ3) is 3.32. The highest BCUT2D eigenvalue weighted by molar-refractivity contribution is 9.10. The number of ether oxygens (including phenoxy) is 2. The maximum atomic E-state index is 10.7. The summed E-state index contributed by atoms with van der Waals surface area (Å²) in [5.41, 5.74) is 0.581. The maximum Gasteiger partial charge on any atom is 0.151 e. The van der Waals surface area contributed by atoms with Crippen LogP contribution in [0.5, 0.6) is 5.75 Å². The van der Waals surface area contributed by atoms with E-state index in [0.717, 1.165) is 6.29 Å². The van der Waals surface area contributed by atoms with Gasteiger partial charge >= 0.3 is 0 Å². The number of carbonyl (C=O) groups excluding carboxylic acids is 1. The molecule has 15 heavy (non-hydrogen) atoms. The van der Waals surface area contributed by atoms with Gasteiger partial charge in [0.15, 0.2) is 6.29 Å². The summed E-state index contributed by atoms with van der Waals surface area (Å²) in [6, 6.07) is 5.32. The average Bonchev–Trinajstić information content (AvgIpc) is 2.21. The summed E-state index contributed by atoms with van der Waals surface area (Å²) < 4.78 is 11.2. The topological polar surface area (TPSA) is 35.5 Å². The van der Waals surface area contributed by atoms with Gasteiger partial charge in [-0.2, -0.15) is 0 Å². The highest BCUT2D eigenvalue weighted by Gasteiger charge is 2.09. The first kappa shape index (κ1) is 12.2. The molecule has 0 saturated heterocycles. The van der Waals surface area contributed by atoms with Gasteiger partial charge in [0.05, 0.1) is 11.1 Å². The van der Waals surface area contributed by atoms with E-state index < -0.39 is 0 Å². The molecular weight excluding hydrogens is 260 g/mol. The smallest absolute Gasteiger partial charge is 0.151 e. The van der Waals surface area contributed by atoms with Gasteiger partial charge in [0, 0.05) is 12.7 Å². The van der Waals surface area contributed by atoms with Gasteiger partial charge in [-0.1, -0.05) is 12.1 Å². The van der Waals surface area contributed by atoms with Crippen LogP contribution >= 0.6 is 15.9 Å². The number of rotatable bonds is 5. The van der Waals surface area contributed by atoms with Crippen LogP contribution in [0.4, 0.5) is 0 Å². The van der Waals surface area contributed by atoms with E-state index in [9.17, 15) is 4.79 Å². The van der Waals surface area contributed by atoms with Gasteiger partial charge in [-0.3, -0.25) is 4.79 Å². The van der Waals surface area contributed by atoms with E-state index in [1.807, 2.05) is 13.0 Å². The Bertz CT molecular complexity index is 339. The third-order valence-corrected chi connectivity index (χ3v) is 2.70. The Morgan fingerprint density at radius 2 is 2.27 bits per heavy atom. The van der Waals surface area contributed by atoms with Crippen molar-refractivity contribution in [1.82, 2.24) is 0 Å². The summed E-state index contributed by atoms with van der Waals surface area (Å²) in [6.45, 7) is 2.42. The van der Waals surface area contributed by atoms with Crippen molar-refractivity contribution in [3.05, 3.63) is 28.2 Å². The molecule has 1 unspecified atom stereocenters. The van der Waals surface area contributed by atoms with Crippen LogP contribution in [0, 0.1) is 0 Å². The van der Waals surface area contributed by atoms with Crippen molar-refractivity contribution >= 4 is 22.2 Å². The predicted octanol–water partition coefficient (Wildman–Crippen LogP) is 2.68. The number of hydrogen-bond acceptors (Lipinski definition) is 3. The molecular formula is C11H13BrO3. The first-order chi connectivity index (χ1) is 7.19. The summed E-state index contributed by atoms with van der Waals surface area (Å²) in [5.74, 6) is 0.657. The molecule has 0 saturated carbocycles. The van der Waals surface area contributed by atoms with Crippen molar-refractivity contribution in [2.75, 3.05) is 13.7 Å². The summed E-state index contributed by atoms with van der Waals surface area (Å²) in [7, 11) is 1.62. The predicted molar refractivity (Wildman–Crippen MR) is 61.5 cm³/mol. The molecule has 0 spiro atoms. The van der Waals surface area contributed by atoms with E-state index in [2.05, 4.69) is 15.9 Å². The van der Waals surface area contributed by atoms with E-state index in [1.54, 1.807) is 19.2 Å². The highest BCUT2D eigenvalue weighted by Crippen LogP contribution is 2.28. The van der Waals surface area contributed by atoms with Crippen molar-refractivity contribution in [2.24, 2.45) is 0 Å². The quantitative estimate of drug-likeness (QED) is 0.774. The number of carbonyl (C=O) groups is 1. The fourth-order valence-corrected chi connectivity index (χ4v) is 1.65. The number of methoxy groups -OCH3 is 1. The maximum absolute atomic E-state index is 10.7.